The third kappa shape index (κ3) is 4.30. The largest absolute Gasteiger partial charge is 0.484 e. The van der Waals surface area contributed by atoms with E-state index in [1.807, 2.05) is 36.4 Å². The highest BCUT2D eigenvalue weighted by molar-refractivity contribution is 5.92. The number of hydrogen-bond donors (Lipinski definition) is 1. The molecule has 152 valence electrons. The highest BCUT2D eigenvalue weighted by atomic mass is 19.1. The molecule has 0 unspecified atom stereocenters. The molecule has 0 atom stereocenters. The summed E-state index contributed by atoms with van der Waals surface area (Å²) in [5.41, 5.74) is 0.840. The van der Waals surface area contributed by atoms with Crippen molar-refractivity contribution in [2.75, 3.05) is 11.9 Å². The molecule has 1 heterocycles. The zero-order valence-electron chi connectivity index (χ0n) is 16.2. The van der Waals surface area contributed by atoms with Gasteiger partial charge in [-0.25, -0.2) is 13.5 Å². The van der Waals surface area contributed by atoms with E-state index >= 15 is 0 Å². The molecule has 0 aliphatic rings. The highest BCUT2D eigenvalue weighted by Crippen LogP contribution is 2.21. The summed E-state index contributed by atoms with van der Waals surface area (Å²) in [6, 6.07) is 16.7. The number of rotatable bonds is 6. The zero-order chi connectivity index (χ0) is 21.1. The van der Waals surface area contributed by atoms with Crippen LogP contribution in [-0.2, 0) is 11.3 Å². The van der Waals surface area contributed by atoms with E-state index in [0.29, 0.717) is 17.1 Å². The number of aryl methyl sites for hydroxylation is 1. The maximum Gasteiger partial charge on any atom is 0.263 e. The first-order valence-corrected chi connectivity index (χ1v) is 9.37. The van der Waals surface area contributed by atoms with E-state index in [1.165, 1.54) is 4.68 Å². The van der Waals surface area contributed by atoms with Gasteiger partial charge in [0.15, 0.2) is 6.61 Å². The van der Waals surface area contributed by atoms with Gasteiger partial charge in [-0.2, -0.15) is 5.10 Å². The first kappa shape index (κ1) is 19.6. The second-order valence-electron chi connectivity index (χ2n) is 6.92. The number of anilines is 1. The Bertz CT molecular complexity index is 1220. The SMILES string of the molecule is Cc1cnn(Cc2cc(F)ccc2F)c1NC(=O)COc1ccc2ccccc2c1. The van der Waals surface area contributed by atoms with E-state index in [9.17, 15) is 13.6 Å². The van der Waals surface area contributed by atoms with Crippen molar-refractivity contribution in [2.45, 2.75) is 13.5 Å². The van der Waals surface area contributed by atoms with E-state index in [0.717, 1.165) is 29.0 Å². The second-order valence-corrected chi connectivity index (χ2v) is 6.92. The minimum Gasteiger partial charge on any atom is -0.484 e. The van der Waals surface area contributed by atoms with Crippen LogP contribution in [0, 0.1) is 18.6 Å². The van der Waals surface area contributed by atoms with Crippen LogP contribution in [0.3, 0.4) is 0 Å². The Balaban J connectivity index is 1.44. The monoisotopic (exact) mass is 407 g/mol. The van der Waals surface area contributed by atoms with Crippen LogP contribution in [0.5, 0.6) is 5.75 Å². The normalized spacial score (nSPS) is 10.9. The lowest BCUT2D eigenvalue weighted by molar-refractivity contribution is -0.118. The molecule has 0 saturated carbocycles. The molecule has 0 radical (unpaired) electrons. The van der Waals surface area contributed by atoms with Crippen molar-refractivity contribution in [2.24, 2.45) is 0 Å². The van der Waals surface area contributed by atoms with Crippen molar-refractivity contribution in [3.63, 3.8) is 0 Å². The van der Waals surface area contributed by atoms with E-state index in [2.05, 4.69) is 10.4 Å². The molecule has 1 N–H and O–H groups in total. The first-order valence-electron chi connectivity index (χ1n) is 9.37. The van der Waals surface area contributed by atoms with Crippen molar-refractivity contribution in [3.05, 3.63) is 89.6 Å². The van der Waals surface area contributed by atoms with Gasteiger partial charge in [0.25, 0.3) is 5.91 Å². The smallest absolute Gasteiger partial charge is 0.263 e. The molecular formula is C23H19F2N3O2. The van der Waals surface area contributed by atoms with E-state index in [-0.39, 0.29) is 24.6 Å². The molecule has 0 spiro atoms. The average molecular weight is 407 g/mol. The van der Waals surface area contributed by atoms with Crippen molar-refractivity contribution in [1.29, 1.82) is 0 Å². The minimum atomic E-state index is -0.540. The van der Waals surface area contributed by atoms with Gasteiger partial charge in [-0.15, -0.1) is 0 Å². The lowest BCUT2D eigenvalue weighted by Gasteiger charge is -2.12. The summed E-state index contributed by atoms with van der Waals surface area (Å²) < 4.78 is 34.4. The Morgan fingerprint density at radius 2 is 1.87 bits per heavy atom. The average Bonchev–Trinajstić information content (AvgIpc) is 3.08. The lowest BCUT2D eigenvalue weighted by Crippen LogP contribution is -2.23. The van der Waals surface area contributed by atoms with Crippen LogP contribution < -0.4 is 10.1 Å². The van der Waals surface area contributed by atoms with Crippen molar-refractivity contribution in [3.8, 4) is 5.75 Å². The van der Waals surface area contributed by atoms with Gasteiger partial charge in [0.2, 0.25) is 0 Å². The number of amides is 1. The molecule has 4 aromatic rings. The molecular weight excluding hydrogens is 388 g/mol. The molecule has 0 fully saturated rings. The lowest BCUT2D eigenvalue weighted by atomic mass is 10.1. The Kier molecular flexibility index (Phi) is 5.43. The number of aromatic nitrogens is 2. The van der Waals surface area contributed by atoms with Gasteiger partial charge < -0.3 is 10.1 Å². The number of carbonyl (C=O) groups excluding carboxylic acids is 1. The fourth-order valence-electron chi connectivity index (χ4n) is 3.16. The third-order valence-electron chi connectivity index (χ3n) is 4.70. The molecule has 30 heavy (non-hydrogen) atoms. The molecule has 1 amide bonds. The predicted molar refractivity (Wildman–Crippen MR) is 110 cm³/mol. The van der Waals surface area contributed by atoms with Crippen LogP contribution in [0.1, 0.15) is 11.1 Å². The number of benzene rings is 3. The minimum absolute atomic E-state index is 0.0153. The van der Waals surface area contributed by atoms with E-state index in [4.69, 9.17) is 4.74 Å². The van der Waals surface area contributed by atoms with Gasteiger partial charge in [-0.1, -0.05) is 30.3 Å². The fourth-order valence-corrected chi connectivity index (χ4v) is 3.16. The van der Waals surface area contributed by atoms with Gasteiger partial charge >= 0.3 is 0 Å². The summed E-state index contributed by atoms with van der Waals surface area (Å²) in [4.78, 5) is 12.4. The molecule has 5 nitrogen and oxygen atoms in total. The van der Waals surface area contributed by atoms with Gasteiger partial charge in [0.05, 0.1) is 12.7 Å². The Morgan fingerprint density at radius 3 is 2.70 bits per heavy atom. The molecule has 4 rings (SSSR count). The van der Waals surface area contributed by atoms with Crippen LogP contribution in [0.15, 0.2) is 66.9 Å². The van der Waals surface area contributed by atoms with E-state index < -0.39 is 11.6 Å². The Labute approximate surface area is 171 Å². The van der Waals surface area contributed by atoms with Crippen molar-refractivity contribution < 1.29 is 18.3 Å². The summed E-state index contributed by atoms with van der Waals surface area (Å²) in [6.45, 7) is 1.56. The maximum absolute atomic E-state index is 14.0. The van der Waals surface area contributed by atoms with Crippen LogP contribution in [-0.4, -0.2) is 22.3 Å². The van der Waals surface area contributed by atoms with Crippen LogP contribution in [0.4, 0.5) is 14.6 Å². The van der Waals surface area contributed by atoms with Crippen molar-refractivity contribution >= 4 is 22.5 Å². The molecule has 0 bridgehead atoms. The van der Waals surface area contributed by atoms with Gasteiger partial charge in [-0.05, 0) is 48.0 Å². The van der Waals surface area contributed by atoms with Gasteiger partial charge in [0, 0.05) is 11.1 Å². The summed E-state index contributed by atoms with van der Waals surface area (Å²) in [7, 11) is 0. The summed E-state index contributed by atoms with van der Waals surface area (Å²) in [5.74, 6) is -0.472. The summed E-state index contributed by atoms with van der Waals surface area (Å²) in [5, 5.41) is 9.00. The van der Waals surface area contributed by atoms with Crippen LogP contribution >= 0.6 is 0 Å². The number of fused-ring (bicyclic) bond motifs is 1. The maximum atomic E-state index is 14.0. The van der Waals surface area contributed by atoms with Gasteiger partial charge in [-0.3, -0.25) is 4.79 Å². The second kappa shape index (κ2) is 8.32. The number of ether oxygens (including phenoxy) is 1. The number of halogens is 2. The molecule has 0 aliphatic carbocycles. The van der Waals surface area contributed by atoms with E-state index in [1.54, 1.807) is 19.2 Å². The first-order chi connectivity index (χ1) is 14.5. The standard InChI is InChI=1S/C23H19F2N3O2/c1-15-12-26-28(13-18-10-19(24)7-9-21(18)25)23(15)27-22(29)14-30-20-8-6-16-4-2-3-5-17(16)11-20/h2-12H,13-14H2,1H3,(H,27,29). The Hall–Kier alpha value is -3.74. The molecule has 3 aromatic carbocycles. The topological polar surface area (TPSA) is 56.2 Å². The number of carbonyl (C=O) groups is 1. The number of nitrogens with zero attached hydrogens (tertiary/aromatic N) is 2. The number of nitrogens with one attached hydrogen (secondary N) is 1. The zero-order valence-corrected chi connectivity index (χ0v) is 16.2. The predicted octanol–water partition coefficient (Wildman–Crippen LogP) is 4.69. The third-order valence-corrected chi connectivity index (χ3v) is 4.70. The fraction of sp³-hybridized carbons (Fsp3) is 0.130. The molecule has 0 aliphatic heterocycles. The van der Waals surface area contributed by atoms with Crippen LogP contribution in [0.2, 0.25) is 0 Å². The molecule has 7 heteroatoms. The summed E-state index contributed by atoms with van der Waals surface area (Å²) in [6.07, 6.45) is 1.55. The van der Waals surface area contributed by atoms with Crippen LogP contribution in [0.25, 0.3) is 10.8 Å². The molecule has 0 saturated heterocycles. The molecule has 1 aromatic heterocycles. The van der Waals surface area contributed by atoms with Crippen molar-refractivity contribution in [1.82, 2.24) is 9.78 Å². The number of hydrogen-bond acceptors (Lipinski definition) is 3. The quantitative estimate of drug-likeness (QED) is 0.505. The highest BCUT2D eigenvalue weighted by Gasteiger charge is 2.14. The Morgan fingerprint density at radius 1 is 1.07 bits per heavy atom. The van der Waals surface area contributed by atoms with Gasteiger partial charge in [0.1, 0.15) is 23.2 Å². The summed E-state index contributed by atoms with van der Waals surface area (Å²) >= 11 is 0.